The lowest BCUT2D eigenvalue weighted by atomic mass is 10.0. The molecule has 4 aromatic rings. The summed E-state index contributed by atoms with van der Waals surface area (Å²) in [6, 6.07) is 36.3. The van der Waals surface area contributed by atoms with Crippen molar-refractivity contribution < 1.29 is 26.6 Å². The number of hydrogen-bond donors (Lipinski definition) is 0. The minimum Gasteiger partial charge on any atom is -1.00 e. The predicted molar refractivity (Wildman–Crippen MR) is 147 cm³/mol. The minimum atomic E-state index is 0. The third kappa shape index (κ3) is 7.30. The fraction of sp³-hybridized carbons (Fsp3) is 0.152. The van der Waals surface area contributed by atoms with Crippen LogP contribution in [-0.4, -0.2) is 41.1 Å². The second-order valence-corrected chi connectivity index (χ2v) is 9.50. The smallest absolute Gasteiger partial charge is 0.182 e. The molecule has 4 nitrogen and oxygen atoms in total. The molecule has 0 fully saturated rings. The lowest BCUT2D eigenvalue weighted by Crippen LogP contribution is -3.00. The fourth-order valence-electron chi connectivity index (χ4n) is 4.55. The van der Waals surface area contributed by atoms with E-state index in [1.54, 1.807) is 0 Å². The van der Waals surface area contributed by atoms with Gasteiger partial charge in [-0.1, -0.05) is 109 Å². The molecule has 1 aliphatic heterocycles. The van der Waals surface area contributed by atoms with Crippen LogP contribution >= 0.6 is 0 Å². The molecule has 192 valence electrons. The van der Waals surface area contributed by atoms with Crippen LogP contribution in [0.2, 0.25) is 0 Å². The van der Waals surface area contributed by atoms with Gasteiger partial charge < -0.3 is 26.8 Å². The third-order valence-corrected chi connectivity index (χ3v) is 6.60. The summed E-state index contributed by atoms with van der Waals surface area (Å²) in [6.07, 6.45) is 5.47. The molecule has 0 N–H and O–H groups in total. The van der Waals surface area contributed by atoms with Crippen molar-refractivity contribution in [2.24, 2.45) is 0 Å². The molecule has 0 saturated heterocycles. The summed E-state index contributed by atoms with van der Waals surface area (Å²) in [5.41, 5.74) is 6.27. The molecule has 5 heteroatoms. The maximum Gasteiger partial charge on any atom is 0.182 e. The first kappa shape index (κ1) is 27.1. The van der Waals surface area contributed by atoms with Crippen molar-refractivity contribution >= 4 is 11.6 Å². The summed E-state index contributed by atoms with van der Waals surface area (Å²) < 4.78 is 0. The molecular formula is C33H30BrN2O2-. The maximum atomic E-state index is 12.8. The number of benzene rings is 4. The van der Waals surface area contributed by atoms with Gasteiger partial charge in [-0.25, -0.2) is 0 Å². The zero-order valence-electron chi connectivity index (χ0n) is 21.2. The summed E-state index contributed by atoms with van der Waals surface area (Å²) >= 11 is 0. The van der Waals surface area contributed by atoms with Gasteiger partial charge in [0.25, 0.3) is 0 Å². The van der Waals surface area contributed by atoms with Crippen LogP contribution in [0, 0.1) is 0 Å². The molecule has 1 heterocycles. The fourth-order valence-corrected chi connectivity index (χ4v) is 4.55. The van der Waals surface area contributed by atoms with Crippen LogP contribution in [0.4, 0.5) is 0 Å². The van der Waals surface area contributed by atoms with Gasteiger partial charge in [0.1, 0.15) is 0 Å². The van der Waals surface area contributed by atoms with Crippen LogP contribution in [0.25, 0.3) is 0 Å². The zero-order valence-corrected chi connectivity index (χ0v) is 22.8. The van der Waals surface area contributed by atoms with E-state index in [-0.39, 0.29) is 41.6 Å². The lowest BCUT2D eigenvalue weighted by molar-refractivity contribution is -0.0000236. The van der Waals surface area contributed by atoms with Crippen molar-refractivity contribution in [2.75, 3.05) is 19.8 Å². The molecule has 4 aromatic carbocycles. The average Bonchev–Trinajstić information content (AvgIpc) is 3.37. The van der Waals surface area contributed by atoms with Crippen molar-refractivity contribution in [1.29, 1.82) is 0 Å². The molecule has 1 aliphatic rings. The molecule has 0 spiro atoms. The van der Waals surface area contributed by atoms with Crippen molar-refractivity contribution in [1.82, 2.24) is 9.80 Å². The SMILES string of the molecule is O=C(CN1C=CN(CC(=O)c2ccc(Cc3ccccc3)cc2)C1)c1ccc(Cc2ccccc2)cc1.[Br-]. The number of Topliss-reactive ketones (excluding diaryl/α,β-unsaturated/α-hetero) is 2. The summed E-state index contributed by atoms with van der Waals surface area (Å²) in [7, 11) is 0. The molecule has 0 bridgehead atoms. The van der Waals surface area contributed by atoms with E-state index in [2.05, 4.69) is 24.3 Å². The number of ketones is 2. The topological polar surface area (TPSA) is 40.6 Å². The zero-order chi connectivity index (χ0) is 25.5. The molecule has 0 atom stereocenters. The Morgan fingerprint density at radius 2 is 0.842 bits per heavy atom. The van der Waals surface area contributed by atoms with E-state index in [1.165, 1.54) is 22.3 Å². The maximum absolute atomic E-state index is 12.8. The van der Waals surface area contributed by atoms with Crippen LogP contribution in [0.3, 0.4) is 0 Å². The van der Waals surface area contributed by atoms with Gasteiger partial charge in [0.05, 0.1) is 19.8 Å². The molecule has 0 aliphatic carbocycles. The Bertz CT molecular complexity index is 1260. The highest BCUT2D eigenvalue weighted by molar-refractivity contribution is 5.98. The van der Waals surface area contributed by atoms with E-state index < -0.39 is 0 Å². The van der Waals surface area contributed by atoms with Crippen LogP contribution in [0.15, 0.2) is 122 Å². The van der Waals surface area contributed by atoms with Gasteiger partial charge in [-0.05, 0) is 35.1 Å². The van der Waals surface area contributed by atoms with Gasteiger partial charge >= 0.3 is 0 Å². The van der Waals surface area contributed by atoms with Gasteiger partial charge in [0.2, 0.25) is 0 Å². The first-order chi connectivity index (χ1) is 18.1. The Morgan fingerprint density at radius 1 is 0.500 bits per heavy atom. The van der Waals surface area contributed by atoms with Crippen LogP contribution in [0.5, 0.6) is 0 Å². The van der Waals surface area contributed by atoms with Gasteiger partial charge in [-0.15, -0.1) is 0 Å². The highest BCUT2D eigenvalue weighted by Crippen LogP contribution is 2.15. The molecule has 0 saturated carbocycles. The van der Waals surface area contributed by atoms with Crippen LogP contribution < -0.4 is 17.0 Å². The van der Waals surface area contributed by atoms with E-state index in [1.807, 2.05) is 107 Å². The normalized spacial score (nSPS) is 12.3. The molecule has 38 heavy (non-hydrogen) atoms. The highest BCUT2D eigenvalue weighted by Gasteiger charge is 2.19. The Kier molecular flexibility index (Phi) is 9.28. The summed E-state index contributed by atoms with van der Waals surface area (Å²) in [6.45, 7) is 1.09. The second-order valence-electron chi connectivity index (χ2n) is 9.50. The number of carbonyl (C=O) groups excluding carboxylic acids is 2. The first-order valence-electron chi connectivity index (χ1n) is 12.6. The number of hydrogen-bond acceptors (Lipinski definition) is 4. The van der Waals surface area contributed by atoms with Crippen molar-refractivity contribution in [3.8, 4) is 0 Å². The van der Waals surface area contributed by atoms with Gasteiger partial charge in [0, 0.05) is 23.5 Å². The largest absolute Gasteiger partial charge is 1.00 e. The van der Waals surface area contributed by atoms with Gasteiger partial charge in [-0.3, -0.25) is 9.59 Å². The predicted octanol–water partition coefficient (Wildman–Crippen LogP) is 2.98. The second kappa shape index (κ2) is 13.0. The average molecular weight is 567 g/mol. The number of nitrogens with zero attached hydrogens (tertiary/aromatic N) is 2. The molecule has 5 rings (SSSR count). The van der Waals surface area contributed by atoms with Crippen molar-refractivity contribution in [2.45, 2.75) is 12.8 Å². The van der Waals surface area contributed by atoms with Crippen LogP contribution in [-0.2, 0) is 12.8 Å². The number of rotatable bonds is 10. The molecule has 0 aromatic heterocycles. The molecule has 0 radical (unpaired) electrons. The quantitative estimate of drug-likeness (QED) is 0.277. The lowest BCUT2D eigenvalue weighted by Gasteiger charge is -2.20. The third-order valence-electron chi connectivity index (χ3n) is 6.60. The van der Waals surface area contributed by atoms with E-state index >= 15 is 0 Å². The summed E-state index contributed by atoms with van der Waals surface area (Å²) in [5.74, 6) is 0.135. The Morgan fingerprint density at radius 3 is 1.21 bits per heavy atom. The monoisotopic (exact) mass is 565 g/mol. The van der Waals surface area contributed by atoms with Gasteiger partial charge in [0.15, 0.2) is 11.6 Å². The van der Waals surface area contributed by atoms with Crippen molar-refractivity contribution in [3.05, 3.63) is 155 Å². The van der Waals surface area contributed by atoms with Gasteiger partial charge in [-0.2, -0.15) is 0 Å². The highest BCUT2D eigenvalue weighted by atomic mass is 79.9. The molecular weight excluding hydrogens is 536 g/mol. The summed E-state index contributed by atoms with van der Waals surface area (Å²) in [5, 5.41) is 0. The minimum absolute atomic E-state index is 0. The Hall–Kier alpha value is -3.96. The standard InChI is InChI=1S/C33H30N2O2.BrH/c36-32(30-15-11-28(12-16-30)21-26-7-3-1-4-8-26)23-34-19-20-35(25-34)24-33(37)31-17-13-29(14-18-31)22-27-9-5-2-6-10-27;/h1-20H,21-25H2;1H/p-1. The number of halogens is 1. The summed E-state index contributed by atoms with van der Waals surface area (Å²) in [4.78, 5) is 29.5. The molecule has 0 amide bonds. The van der Waals surface area contributed by atoms with E-state index in [4.69, 9.17) is 0 Å². The van der Waals surface area contributed by atoms with Crippen molar-refractivity contribution in [3.63, 3.8) is 0 Å². The van der Waals surface area contributed by atoms with E-state index in [0.717, 1.165) is 12.8 Å². The first-order valence-corrected chi connectivity index (χ1v) is 12.6. The van der Waals surface area contributed by atoms with E-state index in [9.17, 15) is 9.59 Å². The molecule has 0 unspecified atom stereocenters. The van der Waals surface area contributed by atoms with E-state index in [0.29, 0.717) is 17.8 Å². The van der Waals surface area contributed by atoms with Crippen LogP contribution in [0.1, 0.15) is 43.0 Å². The number of carbonyl (C=O) groups is 2. The Balaban J connectivity index is 0.00000336. The Labute approximate surface area is 235 Å².